The molecule has 1 atom stereocenters. The quantitative estimate of drug-likeness (QED) is 0.600. The van der Waals surface area contributed by atoms with Gasteiger partial charge in [0.2, 0.25) is 5.91 Å². The SMILES string of the molecule is COC(=O)[C@H](NC(=O)Cc1ccc(F)cc1F)C(c1ccccc1)c1ccccc1. The van der Waals surface area contributed by atoms with Crippen LogP contribution in [0.25, 0.3) is 0 Å². The van der Waals surface area contributed by atoms with Crippen molar-refractivity contribution in [3.8, 4) is 0 Å². The molecule has 0 aromatic heterocycles. The number of esters is 1. The normalized spacial score (nSPS) is 11.7. The fourth-order valence-electron chi connectivity index (χ4n) is 3.37. The highest BCUT2D eigenvalue weighted by Gasteiger charge is 2.33. The van der Waals surface area contributed by atoms with Crippen LogP contribution in [0.3, 0.4) is 0 Å². The van der Waals surface area contributed by atoms with Gasteiger partial charge in [0.15, 0.2) is 0 Å². The third-order valence-electron chi connectivity index (χ3n) is 4.79. The molecule has 154 valence electrons. The van der Waals surface area contributed by atoms with Crippen LogP contribution in [0, 0.1) is 11.6 Å². The molecule has 0 aliphatic rings. The first-order valence-corrected chi connectivity index (χ1v) is 9.40. The Bertz CT molecular complexity index is 970. The summed E-state index contributed by atoms with van der Waals surface area (Å²) in [4.78, 5) is 25.3. The minimum absolute atomic E-state index is 0.0356. The zero-order chi connectivity index (χ0) is 21.5. The maximum atomic E-state index is 13.9. The highest BCUT2D eigenvalue weighted by atomic mass is 19.1. The Morgan fingerprint density at radius 3 is 1.97 bits per heavy atom. The van der Waals surface area contributed by atoms with Crippen molar-refractivity contribution >= 4 is 11.9 Å². The summed E-state index contributed by atoms with van der Waals surface area (Å²) in [6.07, 6.45) is -0.337. The molecule has 0 fully saturated rings. The first-order chi connectivity index (χ1) is 14.5. The summed E-state index contributed by atoms with van der Waals surface area (Å²) in [6.45, 7) is 0. The van der Waals surface area contributed by atoms with Crippen LogP contribution in [0.2, 0.25) is 0 Å². The monoisotopic (exact) mass is 409 g/mol. The van der Waals surface area contributed by atoms with Gasteiger partial charge in [0.25, 0.3) is 0 Å². The number of carbonyl (C=O) groups is 2. The Morgan fingerprint density at radius 2 is 1.47 bits per heavy atom. The van der Waals surface area contributed by atoms with Gasteiger partial charge < -0.3 is 10.1 Å². The zero-order valence-electron chi connectivity index (χ0n) is 16.3. The summed E-state index contributed by atoms with van der Waals surface area (Å²) >= 11 is 0. The van der Waals surface area contributed by atoms with E-state index in [1.54, 1.807) is 0 Å². The van der Waals surface area contributed by atoms with E-state index in [0.717, 1.165) is 23.3 Å². The van der Waals surface area contributed by atoms with Gasteiger partial charge in [0, 0.05) is 12.0 Å². The Labute approximate surface area is 173 Å². The maximum absolute atomic E-state index is 13.9. The van der Waals surface area contributed by atoms with Gasteiger partial charge in [0.1, 0.15) is 17.7 Å². The predicted molar refractivity (Wildman–Crippen MR) is 109 cm³/mol. The average molecular weight is 409 g/mol. The fraction of sp³-hybridized carbons (Fsp3) is 0.167. The van der Waals surface area contributed by atoms with Crippen molar-refractivity contribution in [2.24, 2.45) is 0 Å². The molecule has 0 radical (unpaired) electrons. The molecule has 0 heterocycles. The van der Waals surface area contributed by atoms with E-state index in [1.807, 2.05) is 60.7 Å². The second-order valence-corrected chi connectivity index (χ2v) is 6.78. The molecule has 1 amide bonds. The topological polar surface area (TPSA) is 55.4 Å². The van der Waals surface area contributed by atoms with Gasteiger partial charge in [-0.15, -0.1) is 0 Å². The van der Waals surface area contributed by atoms with E-state index in [2.05, 4.69) is 5.32 Å². The number of hydrogen-bond donors (Lipinski definition) is 1. The van der Waals surface area contributed by atoms with Crippen molar-refractivity contribution in [2.45, 2.75) is 18.4 Å². The summed E-state index contributed by atoms with van der Waals surface area (Å²) < 4.78 is 32.0. The minimum Gasteiger partial charge on any atom is -0.467 e. The van der Waals surface area contributed by atoms with Gasteiger partial charge in [-0.1, -0.05) is 66.7 Å². The van der Waals surface area contributed by atoms with E-state index in [1.165, 1.54) is 13.2 Å². The lowest BCUT2D eigenvalue weighted by molar-refractivity contribution is -0.145. The van der Waals surface area contributed by atoms with E-state index in [-0.39, 0.29) is 12.0 Å². The van der Waals surface area contributed by atoms with Crippen molar-refractivity contribution in [3.63, 3.8) is 0 Å². The lowest BCUT2D eigenvalue weighted by Crippen LogP contribution is -2.46. The third kappa shape index (κ3) is 5.08. The van der Waals surface area contributed by atoms with Crippen molar-refractivity contribution in [1.29, 1.82) is 0 Å². The number of rotatable bonds is 7. The molecule has 0 bridgehead atoms. The first-order valence-electron chi connectivity index (χ1n) is 9.40. The van der Waals surface area contributed by atoms with E-state index in [0.29, 0.717) is 0 Å². The molecule has 0 spiro atoms. The third-order valence-corrected chi connectivity index (χ3v) is 4.79. The molecule has 3 rings (SSSR count). The summed E-state index contributed by atoms with van der Waals surface area (Å²) in [5.41, 5.74) is 1.66. The highest BCUT2D eigenvalue weighted by molar-refractivity contribution is 5.87. The van der Waals surface area contributed by atoms with Gasteiger partial charge in [0.05, 0.1) is 13.5 Å². The standard InChI is InChI=1S/C24H21F2NO3/c1-30-24(29)23(27-21(28)14-18-12-13-19(25)15-20(18)26)22(16-8-4-2-5-9-16)17-10-6-3-7-11-17/h2-13,15,22-23H,14H2,1H3,(H,27,28)/t23-/m1/s1. The first kappa shape index (κ1) is 21.2. The summed E-state index contributed by atoms with van der Waals surface area (Å²) in [6, 6.07) is 20.5. The lowest BCUT2D eigenvalue weighted by Gasteiger charge is -2.27. The van der Waals surface area contributed by atoms with Crippen molar-refractivity contribution in [2.75, 3.05) is 7.11 Å². The lowest BCUT2D eigenvalue weighted by atomic mass is 9.85. The zero-order valence-corrected chi connectivity index (χ0v) is 16.3. The van der Waals surface area contributed by atoms with Gasteiger partial charge >= 0.3 is 5.97 Å². The van der Waals surface area contributed by atoms with Crippen LogP contribution in [0.15, 0.2) is 78.9 Å². The molecular weight excluding hydrogens is 388 g/mol. The number of carbonyl (C=O) groups excluding carboxylic acids is 2. The maximum Gasteiger partial charge on any atom is 0.329 e. The molecule has 1 N–H and O–H groups in total. The Morgan fingerprint density at radius 1 is 0.900 bits per heavy atom. The van der Waals surface area contributed by atoms with Crippen molar-refractivity contribution < 1.29 is 23.1 Å². The van der Waals surface area contributed by atoms with E-state index < -0.39 is 35.5 Å². The second-order valence-electron chi connectivity index (χ2n) is 6.78. The predicted octanol–water partition coefficient (Wildman–Crippen LogP) is 4.00. The van der Waals surface area contributed by atoms with Crippen LogP contribution in [0.1, 0.15) is 22.6 Å². The molecule has 3 aromatic rings. The second kappa shape index (κ2) is 9.78. The number of benzene rings is 3. The summed E-state index contributed by atoms with van der Waals surface area (Å²) in [5, 5.41) is 2.68. The molecule has 0 aliphatic carbocycles. The highest BCUT2D eigenvalue weighted by Crippen LogP contribution is 2.29. The van der Waals surface area contributed by atoms with Gasteiger partial charge in [-0.05, 0) is 22.8 Å². The molecule has 0 aliphatic heterocycles. The van der Waals surface area contributed by atoms with Crippen LogP contribution in [0.4, 0.5) is 8.78 Å². The number of ether oxygens (including phenoxy) is 1. The molecule has 4 nitrogen and oxygen atoms in total. The molecule has 6 heteroatoms. The van der Waals surface area contributed by atoms with Crippen LogP contribution < -0.4 is 5.32 Å². The van der Waals surface area contributed by atoms with Gasteiger partial charge in [-0.2, -0.15) is 0 Å². The molecular formula is C24H21F2NO3. The molecule has 0 saturated carbocycles. The Balaban J connectivity index is 1.92. The molecule has 0 saturated heterocycles. The number of amides is 1. The molecule has 30 heavy (non-hydrogen) atoms. The van der Waals surface area contributed by atoms with Gasteiger partial charge in [-0.3, -0.25) is 4.79 Å². The minimum atomic E-state index is -1.03. The van der Waals surface area contributed by atoms with Crippen LogP contribution in [-0.2, 0) is 20.7 Å². The van der Waals surface area contributed by atoms with Crippen LogP contribution in [-0.4, -0.2) is 25.0 Å². The number of methoxy groups -OCH3 is 1. The summed E-state index contributed by atoms with van der Waals surface area (Å²) in [7, 11) is 1.24. The Hall–Kier alpha value is -3.54. The van der Waals surface area contributed by atoms with E-state index in [9.17, 15) is 18.4 Å². The van der Waals surface area contributed by atoms with Crippen molar-refractivity contribution in [3.05, 3.63) is 107 Å². The van der Waals surface area contributed by atoms with Gasteiger partial charge in [-0.25, -0.2) is 13.6 Å². The molecule has 0 unspecified atom stereocenters. The number of hydrogen-bond acceptors (Lipinski definition) is 3. The van der Waals surface area contributed by atoms with Crippen LogP contribution in [0.5, 0.6) is 0 Å². The number of halogens is 2. The van der Waals surface area contributed by atoms with E-state index in [4.69, 9.17) is 4.74 Å². The van der Waals surface area contributed by atoms with E-state index >= 15 is 0 Å². The van der Waals surface area contributed by atoms with Crippen molar-refractivity contribution in [1.82, 2.24) is 5.32 Å². The largest absolute Gasteiger partial charge is 0.467 e. The molecule has 3 aromatic carbocycles. The van der Waals surface area contributed by atoms with Crippen LogP contribution >= 0.6 is 0 Å². The smallest absolute Gasteiger partial charge is 0.329 e. The average Bonchev–Trinajstić information content (AvgIpc) is 2.76. The summed E-state index contributed by atoms with van der Waals surface area (Å²) in [5.74, 6) is -3.25. The fourth-order valence-corrected chi connectivity index (χ4v) is 3.37. The Kier molecular flexibility index (Phi) is 6.91. The number of nitrogens with one attached hydrogen (secondary N) is 1.